The number of hydrogen-bond donors (Lipinski definition) is 1. The molecule has 0 aliphatic rings. The van der Waals surface area contributed by atoms with E-state index in [-0.39, 0.29) is 12.4 Å². The van der Waals surface area contributed by atoms with Crippen LogP contribution in [0.3, 0.4) is 0 Å². The highest BCUT2D eigenvalue weighted by Gasteiger charge is 2.04. The second-order valence-electron chi connectivity index (χ2n) is 5.44. The molecule has 0 atom stereocenters. The Bertz CT molecular complexity index is 431. The smallest absolute Gasteiger partial charge is 0.407 e. The molecule has 1 aromatic rings. The van der Waals surface area contributed by atoms with E-state index in [1.807, 2.05) is 30.3 Å². The summed E-state index contributed by atoms with van der Waals surface area (Å²) in [6.07, 6.45) is 5.94. The van der Waals surface area contributed by atoms with Gasteiger partial charge in [0, 0.05) is 19.4 Å². The van der Waals surface area contributed by atoms with Crippen molar-refractivity contribution in [3.05, 3.63) is 35.9 Å². The number of Topliss-reactive ketones (excluding diaryl/α,β-unsaturated/α-hetero) is 1. The third-order valence-electron chi connectivity index (χ3n) is 3.42. The molecule has 122 valence electrons. The first-order valence-electron chi connectivity index (χ1n) is 8.18. The molecular formula is C18H27NO3. The molecule has 0 saturated carbocycles. The summed E-state index contributed by atoms with van der Waals surface area (Å²) in [5.41, 5.74) is 0.958. The summed E-state index contributed by atoms with van der Waals surface area (Å²) >= 11 is 0. The minimum atomic E-state index is -0.431. The van der Waals surface area contributed by atoms with Gasteiger partial charge in [-0.2, -0.15) is 0 Å². The maximum atomic E-state index is 11.6. The van der Waals surface area contributed by atoms with E-state index in [0.29, 0.717) is 25.8 Å². The molecule has 0 heterocycles. The number of amides is 1. The molecule has 0 radical (unpaired) electrons. The van der Waals surface area contributed by atoms with Gasteiger partial charge in [-0.25, -0.2) is 4.79 Å². The lowest BCUT2D eigenvalue weighted by Gasteiger charge is -2.07. The standard InChI is InChI=1S/C18H27NO3/c1-2-3-4-8-12-17(20)13-9-14-19-18(21)22-15-16-10-6-5-7-11-16/h5-7,10-11H,2-4,8-9,12-15H2,1H3,(H,19,21). The van der Waals surface area contributed by atoms with Crippen molar-refractivity contribution in [1.82, 2.24) is 5.32 Å². The lowest BCUT2D eigenvalue weighted by molar-refractivity contribution is -0.119. The summed E-state index contributed by atoms with van der Waals surface area (Å²) in [6, 6.07) is 9.54. The van der Waals surface area contributed by atoms with Crippen molar-refractivity contribution in [2.24, 2.45) is 0 Å². The summed E-state index contributed by atoms with van der Waals surface area (Å²) in [5, 5.41) is 2.67. The number of hydrogen-bond acceptors (Lipinski definition) is 3. The third kappa shape index (κ3) is 9.16. The highest BCUT2D eigenvalue weighted by molar-refractivity contribution is 5.78. The summed E-state index contributed by atoms with van der Waals surface area (Å²) in [4.78, 5) is 23.1. The lowest BCUT2D eigenvalue weighted by atomic mass is 10.1. The van der Waals surface area contributed by atoms with Crippen molar-refractivity contribution < 1.29 is 14.3 Å². The quantitative estimate of drug-likeness (QED) is 0.622. The zero-order valence-electron chi connectivity index (χ0n) is 13.5. The predicted octanol–water partition coefficient (Wildman–Crippen LogP) is 4.23. The maximum absolute atomic E-state index is 11.6. The molecule has 0 saturated heterocycles. The SMILES string of the molecule is CCCCCCC(=O)CCCNC(=O)OCc1ccccc1. The van der Waals surface area contributed by atoms with Gasteiger partial charge in [-0.1, -0.05) is 56.5 Å². The van der Waals surface area contributed by atoms with Crippen molar-refractivity contribution >= 4 is 11.9 Å². The molecule has 0 fully saturated rings. The van der Waals surface area contributed by atoms with E-state index in [0.717, 1.165) is 18.4 Å². The van der Waals surface area contributed by atoms with E-state index in [1.54, 1.807) is 0 Å². The Morgan fingerprint density at radius 3 is 2.45 bits per heavy atom. The van der Waals surface area contributed by atoms with E-state index >= 15 is 0 Å². The topological polar surface area (TPSA) is 55.4 Å². The molecule has 4 nitrogen and oxygen atoms in total. The predicted molar refractivity (Wildman–Crippen MR) is 87.6 cm³/mol. The third-order valence-corrected chi connectivity index (χ3v) is 3.42. The first-order valence-corrected chi connectivity index (χ1v) is 8.18. The molecule has 1 aromatic carbocycles. The monoisotopic (exact) mass is 305 g/mol. The molecule has 0 aliphatic heterocycles. The maximum Gasteiger partial charge on any atom is 0.407 e. The molecular weight excluding hydrogens is 278 g/mol. The first-order chi connectivity index (χ1) is 10.7. The molecule has 1 rings (SSSR count). The van der Waals surface area contributed by atoms with Gasteiger partial charge in [-0.3, -0.25) is 4.79 Å². The number of benzene rings is 1. The summed E-state index contributed by atoms with van der Waals surface area (Å²) in [5.74, 6) is 0.288. The Hall–Kier alpha value is -1.84. The van der Waals surface area contributed by atoms with Crippen molar-refractivity contribution in [2.75, 3.05) is 6.54 Å². The van der Waals surface area contributed by atoms with Crippen LogP contribution in [0, 0.1) is 0 Å². The number of ketones is 1. The Morgan fingerprint density at radius 1 is 1.00 bits per heavy atom. The zero-order chi connectivity index (χ0) is 16.0. The van der Waals surface area contributed by atoms with Gasteiger partial charge in [0.2, 0.25) is 0 Å². The van der Waals surface area contributed by atoms with E-state index in [1.165, 1.54) is 12.8 Å². The Morgan fingerprint density at radius 2 is 1.73 bits per heavy atom. The van der Waals surface area contributed by atoms with E-state index in [9.17, 15) is 9.59 Å². The molecule has 0 aromatic heterocycles. The van der Waals surface area contributed by atoms with Crippen LogP contribution in [0.2, 0.25) is 0 Å². The number of nitrogens with one attached hydrogen (secondary N) is 1. The number of unbranched alkanes of at least 4 members (excludes halogenated alkanes) is 3. The van der Waals surface area contributed by atoms with Crippen molar-refractivity contribution in [3.8, 4) is 0 Å². The number of alkyl carbamates (subject to hydrolysis) is 1. The van der Waals surface area contributed by atoms with Gasteiger partial charge in [0.1, 0.15) is 12.4 Å². The van der Waals surface area contributed by atoms with E-state index in [2.05, 4.69) is 12.2 Å². The zero-order valence-corrected chi connectivity index (χ0v) is 13.5. The van der Waals surface area contributed by atoms with Crippen molar-refractivity contribution in [3.63, 3.8) is 0 Å². The van der Waals surface area contributed by atoms with Crippen LogP contribution in [0.5, 0.6) is 0 Å². The van der Waals surface area contributed by atoms with Crippen LogP contribution < -0.4 is 5.32 Å². The van der Waals surface area contributed by atoms with Crippen LogP contribution in [0.25, 0.3) is 0 Å². The number of ether oxygens (including phenoxy) is 1. The average Bonchev–Trinajstić information content (AvgIpc) is 2.55. The second kappa shape index (κ2) is 11.8. The van der Waals surface area contributed by atoms with Gasteiger partial charge in [0.15, 0.2) is 0 Å². The van der Waals surface area contributed by atoms with Gasteiger partial charge >= 0.3 is 6.09 Å². The van der Waals surface area contributed by atoms with Crippen LogP contribution in [0.4, 0.5) is 4.79 Å². The van der Waals surface area contributed by atoms with Crippen LogP contribution in [0.15, 0.2) is 30.3 Å². The molecule has 4 heteroatoms. The molecule has 1 amide bonds. The molecule has 1 N–H and O–H groups in total. The fourth-order valence-corrected chi connectivity index (χ4v) is 2.12. The first kappa shape index (κ1) is 18.2. The minimum absolute atomic E-state index is 0.267. The van der Waals surface area contributed by atoms with Crippen LogP contribution >= 0.6 is 0 Å². The highest BCUT2D eigenvalue weighted by atomic mass is 16.5. The summed E-state index contributed by atoms with van der Waals surface area (Å²) < 4.78 is 5.09. The van der Waals surface area contributed by atoms with Crippen LogP contribution in [-0.2, 0) is 16.1 Å². The average molecular weight is 305 g/mol. The molecule has 0 bridgehead atoms. The number of carbonyl (C=O) groups is 2. The normalized spacial score (nSPS) is 10.2. The van der Waals surface area contributed by atoms with Crippen molar-refractivity contribution in [1.29, 1.82) is 0 Å². The molecule has 0 unspecified atom stereocenters. The van der Waals surface area contributed by atoms with Crippen LogP contribution in [-0.4, -0.2) is 18.4 Å². The highest BCUT2D eigenvalue weighted by Crippen LogP contribution is 2.05. The van der Waals surface area contributed by atoms with E-state index < -0.39 is 6.09 Å². The Kier molecular flexibility index (Phi) is 9.75. The van der Waals surface area contributed by atoms with Gasteiger partial charge in [-0.05, 0) is 18.4 Å². The van der Waals surface area contributed by atoms with Crippen molar-refractivity contribution in [2.45, 2.75) is 58.5 Å². The number of rotatable bonds is 11. The van der Waals surface area contributed by atoms with Gasteiger partial charge in [-0.15, -0.1) is 0 Å². The molecule has 0 spiro atoms. The largest absolute Gasteiger partial charge is 0.445 e. The van der Waals surface area contributed by atoms with Gasteiger partial charge < -0.3 is 10.1 Å². The second-order valence-corrected chi connectivity index (χ2v) is 5.44. The molecule has 0 aliphatic carbocycles. The van der Waals surface area contributed by atoms with Gasteiger partial charge in [0.25, 0.3) is 0 Å². The minimum Gasteiger partial charge on any atom is -0.445 e. The fraction of sp³-hybridized carbons (Fsp3) is 0.556. The lowest BCUT2D eigenvalue weighted by Crippen LogP contribution is -2.25. The summed E-state index contributed by atoms with van der Waals surface area (Å²) in [7, 11) is 0. The Balaban J connectivity index is 1.99. The summed E-state index contributed by atoms with van der Waals surface area (Å²) in [6.45, 7) is 2.90. The fourth-order valence-electron chi connectivity index (χ4n) is 2.12. The van der Waals surface area contributed by atoms with Gasteiger partial charge in [0.05, 0.1) is 0 Å². The molecule has 22 heavy (non-hydrogen) atoms. The number of carbonyl (C=O) groups excluding carboxylic acids is 2. The van der Waals surface area contributed by atoms with E-state index in [4.69, 9.17) is 4.74 Å². The van der Waals surface area contributed by atoms with Crippen LogP contribution in [0.1, 0.15) is 57.4 Å². The Labute approximate surface area is 133 Å².